The van der Waals surface area contributed by atoms with Crippen LogP contribution in [0.3, 0.4) is 0 Å². The van der Waals surface area contributed by atoms with Crippen LogP contribution in [-0.4, -0.2) is 7.85 Å². The summed E-state index contributed by atoms with van der Waals surface area (Å²) in [4.78, 5) is 0. The summed E-state index contributed by atoms with van der Waals surface area (Å²) in [6.07, 6.45) is 6.37. The Balaban J connectivity index is 2.73. The summed E-state index contributed by atoms with van der Waals surface area (Å²) >= 11 is 0. The molecule has 0 spiro atoms. The second-order valence-corrected chi connectivity index (χ2v) is 7.08. The first-order chi connectivity index (χ1) is 6.72. The fourth-order valence-corrected chi connectivity index (χ4v) is 3.03. The first-order valence-electron chi connectivity index (χ1n) is 6.51. The minimum atomic E-state index is 0.0748. The molecule has 0 heterocycles. The lowest BCUT2D eigenvalue weighted by Gasteiger charge is -2.40. The molecule has 0 aromatic carbocycles. The number of hydrogen-bond acceptors (Lipinski definition) is 0. The predicted molar refractivity (Wildman–Crippen MR) is 69.3 cm³/mol. The smallest absolute Gasteiger partial charge is 0.0686 e. The molecule has 15 heavy (non-hydrogen) atoms. The van der Waals surface area contributed by atoms with Crippen molar-refractivity contribution in [2.45, 2.75) is 72.0 Å². The normalized spacial score (nSPS) is 37.3. The van der Waals surface area contributed by atoms with E-state index in [0.29, 0.717) is 5.41 Å². The summed E-state index contributed by atoms with van der Waals surface area (Å²) in [5, 5.41) is 0.0748. The Morgan fingerprint density at radius 2 is 1.67 bits per heavy atom. The molecule has 0 amide bonds. The summed E-state index contributed by atoms with van der Waals surface area (Å²) < 4.78 is 0. The molecule has 1 heteroatoms. The molecular formula is C14H27B. The summed E-state index contributed by atoms with van der Waals surface area (Å²) in [6, 6.07) is 0. The summed E-state index contributed by atoms with van der Waals surface area (Å²) in [5.41, 5.74) is 0.519. The zero-order valence-electron chi connectivity index (χ0n) is 11.3. The lowest BCUT2D eigenvalue weighted by atomic mass is 9.57. The topological polar surface area (TPSA) is 0 Å². The molecule has 2 atom stereocenters. The molecule has 0 N–H and O–H groups in total. The van der Waals surface area contributed by atoms with E-state index in [9.17, 15) is 0 Å². The van der Waals surface area contributed by atoms with Crippen molar-refractivity contribution in [1.82, 2.24) is 0 Å². The van der Waals surface area contributed by atoms with Crippen LogP contribution in [0.5, 0.6) is 0 Å². The van der Waals surface area contributed by atoms with Gasteiger partial charge in [0.1, 0.15) is 0 Å². The average Bonchev–Trinajstić information content (AvgIpc) is 1.98. The Morgan fingerprint density at radius 1 is 1.07 bits per heavy atom. The van der Waals surface area contributed by atoms with E-state index in [1.165, 1.54) is 32.1 Å². The van der Waals surface area contributed by atoms with Gasteiger partial charge in [-0.1, -0.05) is 59.2 Å². The van der Waals surface area contributed by atoms with Crippen molar-refractivity contribution in [2.24, 2.45) is 17.3 Å². The van der Waals surface area contributed by atoms with Gasteiger partial charge in [0.15, 0.2) is 0 Å². The second kappa shape index (κ2) is 4.51. The van der Waals surface area contributed by atoms with Crippen LogP contribution in [-0.2, 0) is 0 Å². The zero-order valence-corrected chi connectivity index (χ0v) is 11.3. The lowest BCUT2D eigenvalue weighted by Crippen LogP contribution is -2.27. The van der Waals surface area contributed by atoms with E-state index in [-0.39, 0.29) is 5.31 Å². The second-order valence-electron chi connectivity index (χ2n) is 7.08. The van der Waals surface area contributed by atoms with Crippen molar-refractivity contribution in [2.75, 3.05) is 0 Å². The van der Waals surface area contributed by atoms with Gasteiger partial charge < -0.3 is 0 Å². The average molecular weight is 206 g/mol. The van der Waals surface area contributed by atoms with Gasteiger partial charge in [-0.15, -0.1) is 0 Å². The Labute approximate surface area is 97.6 Å². The highest BCUT2D eigenvalue weighted by Gasteiger charge is 2.32. The third-order valence-electron chi connectivity index (χ3n) is 4.09. The first kappa shape index (κ1) is 13.1. The monoisotopic (exact) mass is 206 g/mol. The Hall–Kier alpha value is 0.0649. The van der Waals surface area contributed by atoms with Gasteiger partial charge in [0, 0.05) is 0 Å². The van der Waals surface area contributed by atoms with Crippen molar-refractivity contribution >= 4 is 7.85 Å². The fraction of sp³-hybridized carbons (Fsp3) is 1.00. The van der Waals surface area contributed by atoms with Gasteiger partial charge in [-0.25, -0.2) is 0 Å². The van der Waals surface area contributed by atoms with Crippen LogP contribution >= 0.6 is 0 Å². The van der Waals surface area contributed by atoms with Crippen LogP contribution in [0.15, 0.2) is 0 Å². The molecule has 1 aliphatic rings. The predicted octanol–water partition coefficient (Wildman–Crippen LogP) is 4.60. The van der Waals surface area contributed by atoms with E-state index in [1.54, 1.807) is 0 Å². The molecule has 1 fully saturated rings. The van der Waals surface area contributed by atoms with Crippen LogP contribution < -0.4 is 0 Å². The first-order valence-corrected chi connectivity index (χ1v) is 6.51. The number of hydrogen-bond donors (Lipinski definition) is 0. The summed E-state index contributed by atoms with van der Waals surface area (Å²) in [6.45, 7) is 11.8. The highest BCUT2D eigenvalue weighted by molar-refractivity contribution is 6.14. The third kappa shape index (κ3) is 4.21. The standard InChI is InChI=1S/C14H27B/c1-11(2)12-9-13(3,4)7-6-8-14(5,15)10-12/h11-12H,6-10H2,1-5H3. The Kier molecular flexibility index (Phi) is 3.95. The van der Waals surface area contributed by atoms with Crippen molar-refractivity contribution < 1.29 is 0 Å². The maximum atomic E-state index is 6.36. The van der Waals surface area contributed by atoms with E-state index >= 15 is 0 Å². The number of rotatable bonds is 1. The minimum absolute atomic E-state index is 0.0748. The van der Waals surface area contributed by atoms with E-state index in [4.69, 9.17) is 7.85 Å². The molecule has 0 bridgehead atoms. The van der Waals surface area contributed by atoms with Gasteiger partial charge in [0.05, 0.1) is 7.85 Å². The molecule has 1 saturated carbocycles. The van der Waals surface area contributed by atoms with Crippen LogP contribution in [0.4, 0.5) is 0 Å². The Morgan fingerprint density at radius 3 is 2.20 bits per heavy atom. The van der Waals surface area contributed by atoms with Crippen LogP contribution in [0.1, 0.15) is 66.7 Å². The highest BCUT2D eigenvalue weighted by atomic mass is 14.4. The van der Waals surface area contributed by atoms with Gasteiger partial charge in [-0.05, 0) is 30.1 Å². The van der Waals surface area contributed by atoms with Crippen molar-refractivity contribution in [3.05, 3.63) is 0 Å². The van der Waals surface area contributed by atoms with Crippen molar-refractivity contribution in [1.29, 1.82) is 0 Å². The molecular weight excluding hydrogens is 179 g/mol. The van der Waals surface area contributed by atoms with E-state index < -0.39 is 0 Å². The highest BCUT2D eigenvalue weighted by Crippen LogP contribution is 2.46. The molecule has 0 aliphatic heterocycles. The summed E-state index contributed by atoms with van der Waals surface area (Å²) in [7, 11) is 6.36. The van der Waals surface area contributed by atoms with E-state index in [2.05, 4.69) is 34.6 Å². The molecule has 2 radical (unpaired) electrons. The summed E-state index contributed by atoms with van der Waals surface area (Å²) in [5.74, 6) is 1.57. The SMILES string of the molecule is [B]C1(C)CCCC(C)(C)CC(C(C)C)C1. The van der Waals surface area contributed by atoms with E-state index in [1.807, 2.05) is 0 Å². The fourth-order valence-electron chi connectivity index (χ4n) is 3.03. The van der Waals surface area contributed by atoms with E-state index in [0.717, 1.165) is 11.8 Å². The minimum Gasteiger partial charge on any atom is -0.0686 e. The van der Waals surface area contributed by atoms with Crippen molar-refractivity contribution in [3.63, 3.8) is 0 Å². The lowest BCUT2D eigenvalue weighted by molar-refractivity contribution is 0.158. The van der Waals surface area contributed by atoms with Crippen molar-refractivity contribution in [3.8, 4) is 0 Å². The third-order valence-corrected chi connectivity index (χ3v) is 4.09. The zero-order chi connectivity index (χ0) is 11.7. The van der Waals surface area contributed by atoms with Crippen LogP contribution in [0, 0.1) is 17.3 Å². The molecule has 0 nitrogen and oxygen atoms in total. The van der Waals surface area contributed by atoms with Crippen LogP contribution in [0.2, 0.25) is 5.31 Å². The molecule has 0 aromatic heterocycles. The maximum absolute atomic E-state index is 6.36. The van der Waals surface area contributed by atoms with Gasteiger partial charge in [0.2, 0.25) is 0 Å². The van der Waals surface area contributed by atoms with Crippen LogP contribution in [0.25, 0.3) is 0 Å². The van der Waals surface area contributed by atoms with Gasteiger partial charge in [-0.3, -0.25) is 0 Å². The molecule has 1 aliphatic carbocycles. The molecule has 0 aromatic rings. The molecule has 86 valence electrons. The quantitative estimate of drug-likeness (QED) is 0.550. The van der Waals surface area contributed by atoms with Gasteiger partial charge in [-0.2, -0.15) is 0 Å². The van der Waals surface area contributed by atoms with Gasteiger partial charge >= 0.3 is 0 Å². The Bertz CT molecular complexity index is 185. The molecule has 2 unspecified atom stereocenters. The largest absolute Gasteiger partial charge is 0.0742 e. The van der Waals surface area contributed by atoms with Gasteiger partial charge in [0.25, 0.3) is 0 Å². The molecule has 0 saturated heterocycles. The maximum Gasteiger partial charge on any atom is 0.0742 e. The molecule has 1 rings (SSSR count).